The van der Waals surface area contributed by atoms with E-state index in [2.05, 4.69) is 4.74 Å². The van der Waals surface area contributed by atoms with Gasteiger partial charge in [-0.05, 0) is 26.7 Å². The monoisotopic (exact) mass is 172 g/mol. The van der Waals surface area contributed by atoms with Crippen molar-refractivity contribution in [3.8, 4) is 0 Å². The van der Waals surface area contributed by atoms with Crippen molar-refractivity contribution in [2.45, 2.75) is 32.3 Å². The first kappa shape index (κ1) is 9.52. The summed E-state index contributed by atoms with van der Waals surface area (Å²) in [7, 11) is 1.42. The molecule has 0 N–H and O–H groups in total. The first-order chi connectivity index (χ1) is 5.55. The fraction of sp³-hybridized carbons (Fsp3) is 0.889. The molecule has 1 heterocycles. The molecular formula is C9H16O3. The molecule has 0 unspecified atom stereocenters. The van der Waals surface area contributed by atoms with Crippen LogP contribution in [0.25, 0.3) is 0 Å². The van der Waals surface area contributed by atoms with E-state index in [-0.39, 0.29) is 17.5 Å². The summed E-state index contributed by atoms with van der Waals surface area (Å²) in [6, 6.07) is 0. The first-order valence-corrected chi connectivity index (χ1v) is 4.27. The molecule has 0 radical (unpaired) electrons. The summed E-state index contributed by atoms with van der Waals surface area (Å²) >= 11 is 0. The molecule has 0 bridgehead atoms. The maximum atomic E-state index is 11.1. The highest BCUT2D eigenvalue weighted by atomic mass is 16.5. The Labute approximate surface area is 73.0 Å². The van der Waals surface area contributed by atoms with Gasteiger partial charge in [0.25, 0.3) is 0 Å². The van der Waals surface area contributed by atoms with Crippen LogP contribution in [-0.2, 0) is 14.3 Å². The van der Waals surface area contributed by atoms with Gasteiger partial charge in [0.15, 0.2) is 0 Å². The minimum absolute atomic E-state index is 0.0528. The van der Waals surface area contributed by atoms with Crippen LogP contribution in [-0.4, -0.2) is 25.3 Å². The van der Waals surface area contributed by atoms with Crippen LogP contribution in [0.1, 0.15) is 26.7 Å². The highest BCUT2D eigenvalue weighted by Gasteiger charge is 2.31. The third kappa shape index (κ3) is 2.21. The topological polar surface area (TPSA) is 35.5 Å². The fourth-order valence-electron chi connectivity index (χ4n) is 1.36. The van der Waals surface area contributed by atoms with Gasteiger partial charge in [0.1, 0.15) is 0 Å². The molecule has 0 aromatic carbocycles. The summed E-state index contributed by atoms with van der Waals surface area (Å²) in [6.07, 6.45) is 1.80. The van der Waals surface area contributed by atoms with Gasteiger partial charge in [0.2, 0.25) is 0 Å². The van der Waals surface area contributed by atoms with Crippen molar-refractivity contribution in [3.05, 3.63) is 0 Å². The van der Waals surface area contributed by atoms with Crippen LogP contribution < -0.4 is 0 Å². The highest BCUT2D eigenvalue weighted by Crippen LogP contribution is 2.27. The predicted molar refractivity (Wildman–Crippen MR) is 44.8 cm³/mol. The average Bonchev–Trinajstić information content (AvgIpc) is 2.03. The fourth-order valence-corrected chi connectivity index (χ4v) is 1.36. The van der Waals surface area contributed by atoms with E-state index >= 15 is 0 Å². The second-order valence-corrected chi connectivity index (χ2v) is 3.83. The maximum absolute atomic E-state index is 11.1. The Hall–Kier alpha value is -0.570. The Balaban J connectivity index is 2.41. The second kappa shape index (κ2) is 3.44. The lowest BCUT2D eigenvalue weighted by atomic mass is 9.92. The van der Waals surface area contributed by atoms with E-state index in [0.29, 0.717) is 6.61 Å². The lowest BCUT2D eigenvalue weighted by Gasteiger charge is -2.33. The molecule has 1 fully saturated rings. The van der Waals surface area contributed by atoms with Gasteiger partial charge in [0, 0.05) is 0 Å². The van der Waals surface area contributed by atoms with E-state index < -0.39 is 0 Å². The third-order valence-corrected chi connectivity index (χ3v) is 2.30. The molecule has 70 valence electrons. The van der Waals surface area contributed by atoms with Crippen molar-refractivity contribution >= 4 is 5.97 Å². The van der Waals surface area contributed by atoms with Gasteiger partial charge in [-0.1, -0.05) is 0 Å². The van der Waals surface area contributed by atoms with Crippen molar-refractivity contribution in [2.24, 2.45) is 5.92 Å². The Morgan fingerprint density at radius 2 is 2.25 bits per heavy atom. The third-order valence-electron chi connectivity index (χ3n) is 2.30. The van der Waals surface area contributed by atoms with Crippen LogP contribution in [0, 0.1) is 5.92 Å². The molecule has 12 heavy (non-hydrogen) atoms. The lowest BCUT2D eigenvalue weighted by Crippen LogP contribution is -2.37. The number of methoxy groups -OCH3 is 1. The van der Waals surface area contributed by atoms with Crippen LogP contribution in [0.5, 0.6) is 0 Å². The Morgan fingerprint density at radius 3 is 2.67 bits per heavy atom. The molecule has 0 aromatic rings. The Bertz CT molecular complexity index is 165. The molecule has 3 nitrogen and oxygen atoms in total. The Morgan fingerprint density at radius 1 is 1.58 bits per heavy atom. The number of carbonyl (C=O) groups excluding carboxylic acids is 1. The summed E-state index contributed by atoms with van der Waals surface area (Å²) in [6.45, 7) is 4.58. The standard InChI is InChI=1S/C9H16O3/c1-9(2)5-4-7(6-12-9)8(10)11-3/h7H,4-6H2,1-3H3/t7-/m1/s1. The maximum Gasteiger partial charge on any atom is 0.311 e. The van der Waals surface area contributed by atoms with E-state index in [1.165, 1.54) is 7.11 Å². The molecule has 0 aromatic heterocycles. The molecule has 1 saturated heterocycles. The number of hydrogen-bond donors (Lipinski definition) is 0. The summed E-state index contributed by atoms with van der Waals surface area (Å²) < 4.78 is 10.1. The van der Waals surface area contributed by atoms with E-state index in [1.54, 1.807) is 0 Å². The van der Waals surface area contributed by atoms with Crippen LogP contribution in [0.3, 0.4) is 0 Å². The van der Waals surface area contributed by atoms with Crippen molar-refractivity contribution < 1.29 is 14.3 Å². The molecule has 0 spiro atoms. The van der Waals surface area contributed by atoms with Gasteiger partial charge in [0.05, 0.1) is 25.2 Å². The van der Waals surface area contributed by atoms with Crippen LogP contribution >= 0.6 is 0 Å². The van der Waals surface area contributed by atoms with E-state index in [1.807, 2.05) is 13.8 Å². The quantitative estimate of drug-likeness (QED) is 0.560. The minimum atomic E-state index is -0.148. The van der Waals surface area contributed by atoms with Crippen LogP contribution in [0.15, 0.2) is 0 Å². The minimum Gasteiger partial charge on any atom is -0.469 e. The van der Waals surface area contributed by atoms with Crippen LogP contribution in [0.2, 0.25) is 0 Å². The second-order valence-electron chi connectivity index (χ2n) is 3.83. The zero-order chi connectivity index (χ0) is 9.19. The molecule has 1 rings (SSSR count). The molecular weight excluding hydrogens is 156 g/mol. The van der Waals surface area contributed by atoms with E-state index in [9.17, 15) is 4.79 Å². The summed E-state index contributed by atoms with van der Waals surface area (Å²) in [5.74, 6) is -0.200. The molecule has 1 aliphatic rings. The van der Waals surface area contributed by atoms with Crippen molar-refractivity contribution in [3.63, 3.8) is 0 Å². The molecule has 1 atom stereocenters. The molecule has 1 aliphatic heterocycles. The normalized spacial score (nSPS) is 28.1. The highest BCUT2D eigenvalue weighted by molar-refractivity contribution is 5.72. The van der Waals surface area contributed by atoms with Crippen molar-refractivity contribution in [1.82, 2.24) is 0 Å². The van der Waals surface area contributed by atoms with Gasteiger partial charge in [-0.3, -0.25) is 4.79 Å². The lowest BCUT2D eigenvalue weighted by molar-refractivity contribution is -0.156. The Kier molecular flexibility index (Phi) is 2.73. The van der Waals surface area contributed by atoms with Gasteiger partial charge in [-0.25, -0.2) is 0 Å². The van der Waals surface area contributed by atoms with Gasteiger partial charge < -0.3 is 9.47 Å². The summed E-state index contributed by atoms with van der Waals surface area (Å²) in [4.78, 5) is 11.1. The smallest absolute Gasteiger partial charge is 0.311 e. The van der Waals surface area contributed by atoms with Crippen molar-refractivity contribution in [2.75, 3.05) is 13.7 Å². The molecule has 3 heteroatoms. The first-order valence-electron chi connectivity index (χ1n) is 4.27. The van der Waals surface area contributed by atoms with E-state index in [0.717, 1.165) is 12.8 Å². The number of esters is 1. The summed E-state index contributed by atoms with van der Waals surface area (Å²) in [5.41, 5.74) is -0.0650. The molecule has 0 aliphatic carbocycles. The number of hydrogen-bond acceptors (Lipinski definition) is 3. The van der Waals surface area contributed by atoms with E-state index in [4.69, 9.17) is 4.74 Å². The van der Waals surface area contributed by atoms with Gasteiger partial charge >= 0.3 is 5.97 Å². The number of carbonyl (C=O) groups is 1. The van der Waals surface area contributed by atoms with Gasteiger partial charge in [-0.2, -0.15) is 0 Å². The molecule has 0 amide bonds. The zero-order valence-corrected chi connectivity index (χ0v) is 7.92. The SMILES string of the molecule is COC(=O)[C@@H]1CCC(C)(C)OC1. The van der Waals surface area contributed by atoms with Crippen molar-refractivity contribution in [1.29, 1.82) is 0 Å². The summed E-state index contributed by atoms with van der Waals surface area (Å²) in [5, 5.41) is 0. The van der Waals surface area contributed by atoms with Crippen LogP contribution in [0.4, 0.5) is 0 Å². The number of rotatable bonds is 1. The predicted octanol–water partition coefficient (Wildman–Crippen LogP) is 1.36. The molecule has 0 saturated carbocycles. The average molecular weight is 172 g/mol. The van der Waals surface area contributed by atoms with Gasteiger partial charge in [-0.15, -0.1) is 0 Å². The largest absolute Gasteiger partial charge is 0.469 e. The number of ether oxygens (including phenoxy) is 2. The zero-order valence-electron chi connectivity index (χ0n) is 7.92.